The summed E-state index contributed by atoms with van der Waals surface area (Å²) >= 11 is 0. The molecule has 1 amide bonds. The second-order valence-electron chi connectivity index (χ2n) is 17.0. The van der Waals surface area contributed by atoms with Crippen molar-refractivity contribution < 1.29 is 24.5 Å². The Labute approximate surface area is 365 Å². The van der Waals surface area contributed by atoms with Crippen LogP contribution in [0.4, 0.5) is 0 Å². The molecule has 6 nitrogen and oxygen atoms in total. The van der Waals surface area contributed by atoms with Crippen LogP contribution in [0.2, 0.25) is 0 Å². The van der Waals surface area contributed by atoms with Crippen LogP contribution in [0.15, 0.2) is 60.8 Å². The molecular weight excluding hydrogens is 731 g/mol. The molecule has 0 radical (unpaired) electrons. The summed E-state index contributed by atoms with van der Waals surface area (Å²) in [5.41, 5.74) is 0. The number of carbonyl (C=O) groups is 2. The van der Waals surface area contributed by atoms with E-state index in [9.17, 15) is 19.8 Å². The van der Waals surface area contributed by atoms with Crippen LogP contribution in [-0.4, -0.2) is 46.9 Å². The summed E-state index contributed by atoms with van der Waals surface area (Å²) in [7, 11) is 0. The lowest BCUT2D eigenvalue weighted by Crippen LogP contribution is -2.46. The molecule has 0 fully saturated rings. The molecule has 0 heterocycles. The van der Waals surface area contributed by atoms with E-state index >= 15 is 0 Å². The Hall–Kier alpha value is -2.44. The molecule has 3 unspecified atom stereocenters. The molecule has 0 rings (SSSR count). The van der Waals surface area contributed by atoms with Crippen LogP contribution in [-0.2, 0) is 14.3 Å². The summed E-state index contributed by atoms with van der Waals surface area (Å²) in [4.78, 5) is 26.0. The highest BCUT2D eigenvalue weighted by molar-refractivity contribution is 5.77. The maximum absolute atomic E-state index is 13.1. The van der Waals surface area contributed by atoms with E-state index in [0.717, 1.165) is 44.9 Å². The van der Waals surface area contributed by atoms with E-state index in [2.05, 4.69) is 32.2 Å². The van der Waals surface area contributed by atoms with Crippen molar-refractivity contribution in [1.82, 2.24) is 5.32 Å². The van der Waals surface area contributed by atoms with Gasteiger partial charge in [0.15, 0.2) is 0 Å². The maximum Gasteiger partial charge on any atom is 0.306 e. The molecule has 0 aromatic carbocycles. The molecule has 0 spiro atoms. The zero-order valence-corrected chi connectivity index (χ0v) is 38.9. The first-order chi connectivity index (χ1) is 29.0. The van der Waals surface area contributed by atoms with Crippen molar-refractivity contribution in [3.63, 3.8) is 0 Å². The van der Waals surface area contributed by atoms with Gasteiger partial charge in [-0.2, -0.15) is 0 Å². The van der Waals surface area contributed by atoms with Crippen LogP contribution in [0.25, 0.3) is 0 Å². The molecule has 342 valence electrons. The Kier molecular flexibility index (Phi) is 44.7. The van der Waals surface area contributed by atoms with Gasteiger partial charge in [0.1, 0.15) is 6.10 Å². The Morgan fingerprint density at radius 1 is 0.508 bits per heavy atom. The topological polar surface area (TPSA) is 95.9 Å². The second kappa shape index (κ2) is 46.6. The van der Waals surface area contributed by atoms with Crippen molar-refractivity contribution in [3.05, 3.63) is 60.8 Å². The molecule has 0 aromatic heterocycles. The number of ether oxygens (including phenoxy) is 1. The van der Waals surface area contributed by atoms with Gasteiger partial charge in [-0.05, 0) is 19.3 Å². The van der Waals surface area contributed by atoms with Crippen molar-refractivity contribution in [2.75, 3.05) is 6.61 Å². The smallest absolute Gasteiger partial charge is 0.306 e. The summed E-state index contributed by atoms with van der Waals surface area (Å²) in [5, 5.41) is 23.6. The predicted molar refractivity (Wildman–Crippen MR) is 255 cm³/mol. The number of hydrogen-bond donors (Lipinski definition) is 3. The van der Waals surface area contributed by atoms with E-state index in [4.69, 9.17) is 4.74 Å². The van der Waals surface area contributed by atoms with Crippen molar-refractivity contribution in [1.29, 1.82) is 0 Å². The highest BCUT2D eigenvalue weighted by Crippen LogP contribution is 2.17. The van der Waals surface area contributed by atoms with Gasteiger partial charge in [-0.1, -0.05) is 261 Å². The van der Waals surface area contributed by atoms with Crippen molar-refractivity contribution in [3.8, 4) is 0 Å². The van der Waals surface area contributed by atoms with Gasteiger partial charge in [0, 0.05) is 12.8 Å². The number of nitrogens with one attached hydrogen (secondary N) is 1. The minimum Gasteiger partial charge on any atom is -0.461 e. The van der Waals surface area contributed by atoms with Gasteiger partial charge in [-0.25, -0.2) is 0 Å². The summed E-state index contributed by atoms with van der Waals surface area (Å²) in [5.74, 6) is -0.602. The molecule has 0 saturated heterocycles. The van der Waals surface area contributed by atoms with Gasteiger partial charge in [-0.3, -0.25) is 9.59 Å². The van der Waals surface area contributed by atoms with E-state index in [1.54, 1.807) is 0 Å². The van der Waals surface area contributed by atoms with Gasteiger partial charge < -0.3 is 20.3 Å². The third kappa shape index (κ3) is 42.1. The molecule has 0 bridgehead atoms. The molecule has 0 saturated carbocycles. The fraction of sp³-hybridized carbons (Fsp3) is 0.774. The number of aliphatic hydroxyl groups excluding tert-OH is 2. The first kappa shape index (κ1) is 56.6. The lowest BCUT2D eigenvalue weighted by Gasteiger charge is -2.24. The highest BCUT2D eigenvalue weighted by Gasteiger charge is 2.23. The fourth-order valence-corrected chi connectivity index (χ4v) is 7.45. The monoisotopic (exact) mass is 826 g/mol. The molecule has 0 aliphatic heterocycles. The number of amides is 1. The number of hydrogen-bond acceptors (Lipinski definition) is 5. The zero-order chi connectivity index (χ0) is 43.1. The quantitative estimate of drug-likeness (QED) is 0.0323. The number of unbranched alkanes of at least 4 members (excludes halogenated alkanes) is 27. The van der Waals surface area contributed by atoms with E-state index < -0.39 is 18.2 Å². The predicted octanol–water partition coefficient (Wildman–Crippen LogP) is 14.8. The van der Waals surface area contributed by atoms with E-state index in [1.807, 2.05) is 54.7 Å². The SMILES string of the molecule is CC/C=C/C=C/C=C\C=C/C=C/CC(CC(=O)NC(CO)C(O)CCCCCCCCCCCCCC)OC(=O)CCCCCCCCCCCCCCCCCCC. The average Bonchev–Trinajstić information content (AvgIpc) is 3.23. The van der Waals surface area contributed by atoms with E-state index in [-0.39, 0.29) is 24.9 Å². The van der Waals surface area contributed by atoms with Crippen LogP contribution >= 0.6 is 0 Å². The second-order valence-corrected chi connectivity index (χ2v) is 17.0. The van der Waals surface area contributed by atoms with Crippen LogP contribution < -0.4 is 5.32 Å². The van der Waals surface area contributed by atoms with E-state index in [1.165, 1.54) is 148 Å². The third-order valence-corrected chi connectivity index (χ3v) is 11.2. The van der Waals surface area contributed by atoms with Crippen LogP contribution in [0, 0.1) is 0 Å². The number of aliphatic hydroxyl groups is 2. The standard InChI is InChI=1S/C53H95NO5/c1-4-7-10-13-16-19-22-24-25-26-27-28-31-34-37-40-43-46-53(58)59-49(44-41-38-35-32-29-21-18-15-12-9-6-3)47-52(57)54-50(48-55)51(56)45-42-39-36-33-30-23-20-17-14-11-8-5-2/h9,12,15,18,21,29,32,35,38,41,49-51,55-56H,4-8,10-11,13-14,16-17,19-20,22-28,30-31,33-34,36-37,39-40,42-48H2,1-3H3,(H,54,57)/b12-9+,18-15+,29-21-,35-32-,41-38+. The molecular formula is C53H95NO5. The van der Waals surface area contributed by atoms with Crippen molar-refractivity contribution in [2.24, 2.45) is 0 Å². The minimum absolute atomic E-state index is 0.0172. The number of allylic oxidation sites excluding steroid dienone is 9. The van der Waals surface area contributed by atoms with Gasteiger partial charge in [0.05, 0.1) is 25.2 Å². The van der Waals surface area contributed by atoms with Crippen LogP contribution in [0.1, 0.15) is 239 Å². The number of esters is 1. The molecule has 59 heavy (non-hydrogen) atoms. The zero-order valence-electron chi connectivity index (χ0n) is 38.9. The van der Waals surface area contributed by atoms with Crippen LogP contribution in [0.3, 0.4) is 0 Å². The summed E-state index contributed by atoms with van der Waals surface area (Å²) in [6.07, 6.45) is 57.4. The fourth-order valence-electron chi connectivity index (χ4n) is 7.45. The summed E-state index contributed by atoms with van der Waals surface area (Å²) < 4.78 is 5.84. The van der Waals surface area contributed by atoms with Gasteiger partial charge in [-0.15, -0.1) is 0 Å². The average molecular weight is 826 g/mol. The Morgan fingerprint density at radius 3 is 1.29 bits per heavy atom. The van der Waals surface area contributed by atoms with Crippen molar-refractivity contribution in [2.45, 2.75) is 257 Å². The Morgan fingerprint density at radius 2 is 0.881 bits per heavy atom. The third-order valence-electron chi connectivity index (χ3n) is 11.2. The Balaban J connectivity index is 4.61. The largest absolute Gasteiger partial charge is 0.461 e. The first-order valence-electron chi connectivity index (χ1n) is 25.1. The Bertz CT molecular complexity index is 1060. The highest BCUT2D eigenvalue weighted by atomic mass is 16.5. The minimum atomic E-state index is -0.816. The molecule has 0 aliphatic rings. The number of rotatable bonds is 44. The summed E-state index contributed by atoms with van der Waals surface area (Å²) in [6, 6.07) is -0.738. The molecule has 0 aromatic rings. The van der Waals surface area contributed by atoms with Gasteiger partial charge in [0.25, 0.3) is 0 Å². The van der Waals surface area contributed by atoms with Crippen molar-refractivity contribution >= 4 is 11.9 Å². The van der Waals surface area contributed by atoms with Gasteiger partial charge in [0.2, 0.25) is 5.91 Å². The van der Waals surface area contributed by atoms with E-state index in [0.29, 0.717) is 19.3 Å². The van der Waals surface area contributed by atoms with Crippen LogP contribution in [0.5, 0.6) is 0 Å². The number of carbonyl (C=O) groups excluding carboxylic acids is 2. The normalized spacial score (nSPS) is 13.8. The lowest BCUT2D eigenvalue weighted by molar-refractivity contribution is -0.150. The first-order valence-corrected chi connectivity index (χ1v) is 25.1. The molecule has 6 heteroatoms. The molecule has 0 aliphatic carbocycles. The molecule has 3 atom stereocenters. The molecule has 3 N–H and O–H groups in total. The summed E-state index contributed by atoms with van der Waals surface area (Å²) in [6.45, 7) is 6.30. The van der Waals surface area contributed by atoms with Gasteiger partial charge >= 0.3 is 5.97 Å². The lowest BCUT2D eigenvalue weighted by atomic mass is 10.0. The maximum atomic E-state index is 13.1.